The van der Waals surface area contributed by atoms with Crippen LogP contribution in [0.3, 0.4) is 0 Å². The fourth-order valence-corrected chi connectivity index (χ4v) is 5.15. The number of fused-ring (bicyclic) bond motifs is 2. The summed E-state index contributed by atoms with van der Waals surface area (Å²) in [5.74, 6) is 0.200. The number of rotatable bonds is 3. The first-order valence-corrected chi connectivity index (χ1v) is 9.96. The number of aliphatic imine (C=N–C) groups is 1. The number of nitrogens with zero attached hydrogens (tertiary/aromatic N) is 5. The normalized spacial score (nSPS) is 25.1. The average molecular weight is 405 g/mol. The van der Waals surface area contributed by atoms with Crippen LogP contribution in [-0.2, 0) is 5.54 Å². The van der Waals surface area contributed by atoms with Gasteiger partial charge in [0.15, 0.2) is 11.0 Å². The molecule has 144 valence electrons. The van der Waals surface area contributed by atoms with Crippen molar-refractivity contribution < 1.29 is 4.39 Å². The molecule has 0 unspecified atom stereocenters. The van der Waals surface area contributed by atoms with Crippen LogP contribution >= 0.6 is 11.8 Å². The van der Waals surface area contributed by atoms with Crippen molar-refractivity contribution in [3.05, 3.63) is 53.9 Å². The molecular weight excluding hydrogens is 389 g/mol. The molecule has 1 saturated carbocycles. The van der Waals surface area contributed by atoms with Gasteiger partial charge in [-0.05, 0) is 31.5 Å². The Morgan fingerprint density at radius 2 is 2.17 bits per heavy atom. The van der Waals surface area contributed by atoms with Crippen LogP contribution in [0.25, 0.3) is 10.9 Å². The van der Waals surface area contributed by atoms with Gasteiger partial charge in [0.05, 0.1) is 23.0 Å². The van der Waals surface area contributed by atoms with Gasteiger partial charge in [-0.2, -0.15) is 9.65 Å². The van der Waals surface area contributed by atoms with Gasteiger partial charge in [-0.25, -0.2) is 9.97 Å². The van der Waals surface area contributed by atoms with Gasteiger partial charge in [0.1, 0.15) is 11.6 Å². The lowest BCUT2D eigenvalue weighted by molar-refractivity contribution is 0.400. The second-order valence-electron chi connectivity index (χ2n) is 7.35. The van der Waals surface area contributed by atoms with Crippen molar-refractivity contribution >= 4 is 39.3 Å². The summed E-state index contributed by atoms with van der Waals surface area (Å²) in [5.41, 5.74) is 7.32. The molecule has 0 amide bonds. The summed E-state index contributed by atoms with van der Waals surface area (Å²) in [6, 6.07) is 7.32. The Kier molecular flexibility index (Phi) is 3.93. The zero-order chi connectivity index (χ0) is 20.2. The summed E-state index contributed by atoms with van der Waals surface area (Å²) >= 11 is 1.56. The first-order chi connectivity index (χ1) is 14.0. The number of thioether (sulfide) groups is 1. The van der Waals surface area contributed by atoms with E-state index in [2.05, 4.69) is 31.3 Å². The lowest BCUT2D eigenvalue weighted by Gasteiger charge is -2.30. The van der Waals surface area contributed by atoms with Gasteiger partial charge in [0, 0.05) is 34.5 Å². The van der Waals surface area contributed by atoms with Crippen LogP contribution in [0.5, 0.6) is 0 Å². The number of hydrogen-bond donors (Lipinski definition) is 2. The molecule has 7 nitrogen and oxygen atoms in total. The molecule has 1 aliphatic carbocycles. The molecule has 3 aromatic heterocycles. The number of anilines is 2. The van der Waals surface area contributed by atoms with Gasteiger partial charge in [-0.15, -0.1) is 0 Å². The van der Waals surface area contributed by atoms with E-state index in [1.807, 2.05) is 6.92 Å². The number of nitrogens with two attached hydrogens (primary N) is 1. The van der Waals surface area contributed by atoms with Gasteiger partial charge in [-0.3, -0.25) is 9.98 Å². The second-order valence-corrected chi connectivity index (χ2v) is 8.61. The third kappa shape index (κ3) is 2.96. The van der Waals surface area contributed by atoms with Crippen molar-refractivity contribution in [2.75, 3.05) is 5.32 Å². The minimum atomic E-state index is -0.735. The highest BCUT2D eigenvalue weighted by Crippen LogP contribution is 2.57. The predicted octanol–water partition coefficient (Wildman–Crippen LogP) is 3.44. The molecule has 3 N–H and O–H groups in total. The van der Waals surface area contributed by atoms with E-state index in [0.717, 1.165) is 11.8 Å². The Hall–Kier alpha value is -3.25. The Morgan fingerprint density at radius 3 is 3.00 bits per heavy atom. The summed E-state index contributed by atoms with van der Waals surface area (Å²) in [4.78, 5) is 17.2. The summed E-state index contributed by atoms with van der Waals surface area (Å²) in [7, 11) is 0. The average Bonchev–Trinajstić information content (AvgIpc) is 3.49. The molecule has 0 spiro atoms. The van der Waals surface area contributed by atoms with Crippen molar-refractivity contribution in [3.8, 4) is 6.07 Å². The molecule has 0 saturated heterocycles. The molecule has 3 aromatic rings. The molecule has 29 heavy (non-hydrogen) atoms. The number of hydrogen-bond acceptors (Lipinski definition) is 8. The van der Waals surface area contributed by atoms with Crippen LogP contribution in [0, 0.1) is 23.2 Å². The molecule has 4 heterocycles. The van der Waals surface area contributed by atoms with E-state index >= 15 is 0 Å². The van der Waals surface area contributed by atoms with Crippen LogP contribution in [0.1, 0.15) is 24.5 Å². The topological polar surface area (TPSA) is 113 Å². The number of nitriles is 1. The molecule has 3 atom stereocenters. The Balaban J connectivity index is 1.54. The summed E-state index contributed by atoms with van der Waals surface area (Å²) in [6.07, 6.45) is 5.50. The van der Waals surface area contributed by atoms with E-state index in [-0.39, 0.29) is 5.92 Å². The smallest absolute Gasteiger partial charge is 0.218 e. The molecule has 1 fully saturated rings. The predicted molar refractivity (Wildman–Crippen MR) is 110 cm³/mol. The molecule has 0 bridgehead atoms. The highest BCUT2D eigenvalue weighted by atomic mass is 32.2. The zero-order valence-electron chi connectivity index (χ0n) is 15.4. The minimum absolute atomic E-state index is 0.244. The molecule has 1 aliphatic heterocycles. The molecule has 0 radical (unpaired) electrons. The van der Waals surface area contributed by atoms with Gasteiger partial charge >= 0.3 is 0 Å². The van der Waals surface area contributed by atoms with Gasteiger partial charge in [-0.1, -0.05) is 11.8 Å². The Morgan fingerprint density at radius 1 is 1.31 bits per heavy atom. The third-order valence-electron chi connectivity index (χ3n) is 5.44. The largest absolute Gasteiger partial charge is 0.379 e. The van der Waals surface area contributed by atoms with Crippen molar-refractivity contribution in [1.29, 1.82) is 5.26 Å². The fraction of sp³-hybridized carbons (Fsp3) is 0.250. The Bertz CT molecular complexity index is 1220. The molecule has 0 aromatic carbocycles. The number of aromatic nitrogens is 3. The highest BCUT2D eigenvalue weighted by molar-refractivity contribution is 8.14. The van der Waals surface area contributed by atoms with E-state index in [0.29, 0.717) is 38.6 Å². The maximum atomic E-state index is 14.7. The van der Waals surface area contributed by atoms with Crippen molar-refractivity contribution in [2.24, 2.45) is 16.6 Å². The number of amidine groups is 1. The number of nitrogens with one attached hydrogen (secondary N) is 1. The second kappa shape index (κ2) is 6.39. The standard InChI is InChI=1S/C20H16FN7S/c1-20(13-6-15(13)29-19(23)28-20)14-5-12(9-26-17(14)21)27-18-16-11(2-3-24-18)4-10(7-22)8-25-16/h2-5,8-9,13,15H,6H2,1H3,(H2,23,28)(H,24,27)/t13-,15+,20-/m1/s1. The van der Waals surface area contributed by atoms with Crippen LogP contribution in [0.2, 0.25) is 0 Å². The quantitative estimate of drug-likeness (QED) is 0.642. The SMILES string of the molecule is C[C@@]1(c2cc(Nc3nccc4cc(C#N)cnc34)cnc2F)N=C(N)S[C@H]2C[C@H]21. The molecule has 2 aliphatic rings. The Labute approximate surface area is 170 Å². The molecule has 5 rings (SSSR count). The lowest BCUT2D eigenvalue weighted by Crippen LogP contribution is -2.32. The van der Waals surface area contributed by atoms with E-state index in [1.54, 1.807) is 36.2 Å². The monoisotopic (exact) mass is 405 g/mol. The molecule has 9 heteroatoms. The van der Waals surface area contributed by atoms with E-state index in [9.17, 15) is 4.39 Å². The lowest BCUT2D eigenvalue weighted by atomic mass is 9.88. The van der Waals surface area contributed by atoms with Crippen LogP contribution in [0.15, 0.2) is 41.8 Å². The highest BCUT2D eigenvalue weighted by Gasteiger charge is 2.55. The number of halogens is 1. The molecular formula is C20H16FN7S. The summed E-state index contributed by atoms with van der Waals surface area (Å²) in [5, 5.41) is 13.9. The fourth-order valence-electron chi connectivity index (χ4n) is 3.87. The van der Waals surface area contributed by atoms with E-state index in [4.69, 9.17) is 11.0 Å². The van der Waals surface area contributed by atoms with Gasteiger partial charge < -0.3 is 11.1 Å². The van der Waals surface area contributed by atoms with Crippen molar-refractivity contribution in [2.45, 2.75) is 24.1 Å². The van der Waals surface area contributed by atoms with Crippen LogP contribution < -0.4 is 11.1 Å². The first kappa shape index (κ1) is 17.8. The van der Waals surface area contributed by atoms with Crippen LogP contribution in [0.4, 0.5) is 15.9 Å². The van der Waals surface area contributed by atoms with E-state index < -0.39 is 11.5 Å². The van der Waals surface area contributed by atoms with Gasteiger partial charge in [0.25, 0.3) is 0 Å². The summed E-state index contributed by atoms with van der Waals surface area (Å²) in [6.45, 7) is 1.91. The van der Waals surface area contributed by atoms with Crippen molar-refractivity contribution in [1.82, 2.24) is 15.0 Å². The third-order valence-corrected chi connectivity index (χ3v) is 6.60. The maximum absolute atomic E-state index is 14.7. The van der Waals surface area contributed by atoms with E-state index in [1.165, 1.54) is 12.4 Å². The number of pyridine rings is 3. The van der Waals surface area contributed by atoms with Crippen LogP contribution in [-0.4, -0.2) is 25.4 Å². The van der Waals surface area contributed by atoms with Gasteiger partial charge in [0.2, 0.25) is 5.95 Å². The first-order valence-electron chi connectivity index (χ1n) is 9.08. The zero-order valence-corrected chi connectivity index (χ0v) is 16.2. The minimum Gasteiger partial charge on any atom is -0.379 e. The summed E-state index contributed by atoms with van der Waals surface area (Å²) < 4.78 is 14.7. The van der Waals surface area contributed by atoms with Crippen molar-refractivity contribution in [3.63, 3.8) is 0 Å². The maximum Gasteiger partial charge on any atom is 0.218 e.